The smallest absolute Gasteiger partial charge is 0.358 e. The molecule has 0 saturated heterocycles. The van der Waals surface area contributed by atoms with E-state index in [2.05, 4.69) is 10.3 Å². The number of aromatic carboxylic acids is 1. The molecule has 1 N–H and O–H groups in total. The van der Waals surface area contributed by atoms with Crippen molar-refractivity contribution in [3.63, 3.8) is 0 Å². The second-order valence-corrected chi connectivity index (χ2v) is 3.91. The summed E-state index contributed by atoms with van der Waals surface area (Å²) in [5, 5.41) is 24.2. The fourth-order valence-electron chi connectivity index (χ4n) is 1.29. The first-order valence-electron chi connectivity index (χ1n) is 5.21. The number of likely N-dealkylation sites (N-methyl/N-ethyl adjacent to an activating group) is 1. The number of carboxylic acids is 1. The van der Waals surface area contributed by atoms with Crippen LogP contribution in [0.5, 0.6) is 0 Å². The van der Waals surface area contributed by atoms with Crippen molar-refractivity contribution in [3.8, 4) is 6.07 Å². The topological polar surface area (TPSA) is 112 Å². The molecule has 0 aliphatic carbocycles. The molecule has 1 atom stereocenters. The number of hydrogen-bond acceptors (Lipinski definition) is 5. The van der Waals surface area contributed by atoms with Crippen LogP contribution in [0.3, 0.4) is 0 Å². The molecule has 8 nitrogen and oxygen atoms in total. The van der Waals surface area contributed by atoms with E-state index in [4.69, 9.17) is 10.4 Å². The van der Waals surface area contributed by atoms with Crippen LogP contribution in [-0.4, -0.2) is 50.5 Å². The summed E-state index contributed by atoms with van der Waals surface area (Å²) in [6.07, 6.45) is 1.18. The first kappa shape index (κ1) is 13.6. The summed E-state index contributed by atoms with van der Waals surface area (Å²) in [6.45, 7) is 1.92. The number of hydrogen-bond donors (Lipinski definition) is 1. The normalized spacial score (nSPS) is 11.6. The molecule has 18 heavy (non-hydrogen) atoms. The maximum Gasteiger partial charge on any atom is 0.358 e. The van der Waals surface area contributed by atoms with Gasteiger partial charge in [-0.3, -0.25) is 4.79 Å². The standard InChI is InChI=1S/C10H13N5O3/c1-7(3-11)4-14(2)9(16)6-15-5-8(10(17)18)12-13-15/h5,7H,4,6H2,1-2H3,(H,17,18). The first-order chi connectivity index (χ1) is 8.43. The van der Waals surface area contributed by atoms with E-state index in [0.29, 0.717) is 6.54 Å². The predicted molar refractivity (Wildman–Crippen MR) is 59.4 cm³/mol. The number of carbonyl (C=O) groups excluding carboxylic acids is 1. The maximum absolute atomic E-state index is 11.7. The highest BCUT2D eigenvalue weighted by atomic mass is 16.4. The number of nitriles is 1. The maximum atomic E-state index is 11.7. The van der Waals surface area contributed by atoms with Gasteiger partial charge >= 0.3 is 5.97 Å². The van der Waals surface area contributed by atoms with E-state index in [9.17, 15) is 9.59 Å². The molecular weight excluding hydrogens is 238 g/mol. The van der Waals surface area contributed by atoms with Crippen molar-refractivity contribution in [1.82, 2.24) is 19.9 Å². The average Bonchev–Trinajstić information content (AvgIpc) is 2.77. The summed E-state index contributed by atoms with van der Waals surface area (Å²) in [4.78, 5) is 23.7. The lowest BCUT2D eigenvalue weighted by Gasteiger charge is -2.17. The Kier molecular flexibility index (Phi) is 4.37. The summed E-state index contributed by atoms with van der Waals surface area (Å²) in [5.74, 6) is -1.72. The van der Waals surface area contributed by atoms with Crippen molar-refractivity contribution in [1.29, 1.82) is 5.26 Å². The third-order valence-electron chi connectivity index (χ3n) is 2.25. The molecule has 0 fully saturated rings. The second kappa shape index (κ2) is 5.77. The van der Waals surface area contributed by atoms with Crippen LogP contribution in [0.25, 0.3) is 0 Å². The Morgan fingerprint density at radius 1 is 1.67 bits per heavy atom. The molecule has 1 rings (SSSR count). The highest BCUT2D eigenvalue weighted by Crippen LogP contribution is 1.99. The molecular formula is C10H13N5O3. The molecule has 96 valence electrons. The number of carbonyl (C=O) groups is 2. The molecule has 0 bridgehead atoms. The summed E-state index contributed by atoms with van der Waals surface area (Å²) in [5.41, 5.74) is -0.212. The average molecular weight is 251 g/mol. The van der Waals surface area contributed by atoms with E-state index in [1.807, 2.05) is 6.07 Å². The van der Waals surface area contributed by atoms with E-state index >= 15 is 0 Å². The van der Waals surface area contributed by atoms with Crippen molar-refractivity contribution in [2.45, 2.75) is 13.5 Å². The fourth-order valence-corrected chi connectivity index (χ4v) is 1.29. The molecule has 1 aromatic rings. The van der Waals surface area contributed by atoms with Crippen LogP contribution in [0.4, 0.5) is 0 Å². The van der Waals surface area contributed by atoms with Crippen molar-refractivity contribution >= 4 is 11.9 Å². The number of carboxylic acid groups (broad SMARTS) is 1. The Hall–Kier alpha value is -2.43. The van der Waals surface area contributed by atoms with Crippen LogP contribution >= 0.6 is 0 Å². The third kappa shape index (κ3) is 3.55. The minimum absolute atomic E-state index is 0.102. The molecule has 0 aliphatic heterocycles. The van der Waals surface area contributed by atoms with E-state index in [-0.39, 0.29) is 24.1 Å². The van der Waals surface area contributed by atoms with Crippen molar-refractivity contribution < 1.29 is 14.7 Å². The Balaban J connectivity index is 2.58. The zero-order chi connectivity index (χ0) is 13.7. The molecule has 1 heterocycles. The summed E-state index contributed by atoms with van der Waals surface area (Å²) in [6, 6.07) is 2.03. The molecule has 0 aliphatic rings. The highest BCUT2D eigenvalue weighted by Gasteiger charge is 2.15. The molecule has 0 aromatic carbocycles. The lowest BCUT2D eigenvalue weighted by atomic mass is 10.2. The Morgan fingerprint density at radius 3 is 2.83 bits per heavy atom. The monoisotopic (exact) mass is 251 g/mol. The molecule has 1 aromatic heterocycles. The van der Waals surface area contributed by atoms with Gasteiger partial charge in [0.05, 0.1) is 18.2 Å². The van der Waals surface area contributed by atoms with Gasteiger partial charge in [0.15, 0.2) is 5.69 Å². The van der Waals surface area contributed by atoms with Gasteiger partial charge in [-0.2, -0.15) is 5.26 Å². The molecule has 0 radical (unpaired) electrons. The van der Waals surface area contributed by atoms with Gasteiger partial charge in [0.2, 0.25) is 5.91 Å². The van der Waals surface area contributed by atoms with Gasteiger partial charge in [0, 0.05) is 13.6 Å². The van der Waals surface area contributed by atoms with Gasteiger partial charge in [0.25, 0.3) is 0 Å². The van der Waals surface area contributed by atoms with Crippen LogP contribution in [0.2, 0.25) is 0 Å². The van der Waals surface area contributed by atoms with Crippen molar-refractivity contribution in [2.24, 2.45) is 5.92 Å². The predicted octanol–water partition coefficient (Wildman–Crippen LogP) is -0.406. The van der Waals surface area contributed by atoms with Crippen LogP contribution in [0, 0.1) is 17.2 Å². The van der Waals surface area contributed by atoms with Crippen LogP contribution in [-0.2, 0) is 11.3 Å². The zero-order valence-corrected chi connectivity index (χ0v) is 10.1. The number of amides is 1. The molecule has 1 amide bonds. The van der Waals surface area contributed by atoms with Gasteiger partial charge < -0.3 is 10.0 Å². The van der Waals surface area contributed by atoms with Gasteiger partial charge in [-0.25, -0.2) is 9.48 Å². The van der Waals surface area contributed by atoms with Crippen LogP contribution in [0.15, 0.2) is 6.20 Å². The quantitative estimate of drug-likeness (QED) is 0.761. The van der Waals surface area contributed by atoms with Crippen LogP contribution in [0.1, 0.15) is 17.4 Å². The van der Waals surface area contributed by atoms with Gasteiger partial charge in [-0.1, -0.05) is 5.21 Å². The van der Waals surface area contributed by atoms with Gasteiger partial charge in [-0.05, 0) is 6.92 Å². The molecule has 0 saturated carbocycles. The van der Waals surface area contributed by atoms with Crippen LogP contribution < -0.4 is 0 Å². The Labute approximate surface area is 103 Å². The van der Waals surface area contributed by atoms with Gasteiger partial charge in [0.1, 0.15) is 6.54 Å². The Bertz CT molecular complexity index is 490. The largest absolute Gasteiger partial charge is 0.476 e. The SMILES string of the molecule is CC(C#N)CN(C)C(=O)Cn1cc(C(=O)O)nn1. The van der Waals surface area contributed by atoms with E-state index in [1.165, 1.54) is 11.1 Å². The minimum atomic E-state index is -1.19. The zero-order valence-electron chi connectivity index (χ0n) is 10.1. The number of rotatable bonds is 5. The van der Waals surface area contributed by atoms with Crippen molar-refractivity contribution in [3.05, 3.63) is 11.9 Å². The lowest BCUT2D eigenvalue weighted by Crippen LogP contribution is -2.33. The van der Waals surface area contributed by atoms with Gasteiger partial charge in [-0.15, -0.1) is 5.10 Å². The van der Waals surface area contributed by atoms with E-state index in [1.54, 1.807) is 14.0 Å². The summed E-state index contributed by atoms with van der Waals surface area (Å²) in [7, 11) is 1.57. The third-order valence-corrected chi connectivity index (χ3v) is 2.25. The summed E-state index contributed by atoms with van der Waals surface area (Å²) < 4.78 is 1.15. The number of nitrogens with zero attached hydrogens (tertiary/aromatic N) is 5. The number of aromatic nitrogens is 3. The molecule has 8 heteroatoms. The highest BCUT2D eigenvalue weighted by molar-refractivity contribution is 5.84. The van der Waals surface area contributed by atoms with E-state index < -0.39 is 5.97 Å². The minimum Gasteiger partial charge on any atom is -0.476 e. The Morgan fingerprint density at radius 2 is 2.33 bits per heavy atom. The fraction of sp³-hybridized carbons (Fsp3) is 0.500. The summed E-state index contributed by atoms with van der Waals surface area (Å²) >= 11 is 0. The first-order valence-corrected chi connectivity index (χ1v) is 5.21. The van der Waals surface area contributed by atoms with E-state index in [0.717, 1.165) is 4.68 Å². The lowest BCUT2D eigenvalue weighted by molar-refractivity contribution is -0.131. The molecule has 0 spiro atoms. The second-order valence-electron chi connectivity index (χ2n) is 3.91. The van der Waals surface area contributed by atoms with Crippen molar-refractivity contribution in [2.75, 3.05) is 13.6 Å². The molecule has 1 unspecified atom stereocenters.